The van der Waals surface area contributed by atoms with Gasteiger partial charge in [0.1, 0.15) is 9.84 Å². The van der Waals surface area contributed by atoms with Crippen molar-refractivity contribution in [3.8, 4) is 0 Å². The molecule has 1 fully saturated rings. The average Bonchev–Trinajstić information content (AvgIpc) is 2.53. The van der Waals surface area contributed by atoms with Gasteiger partial charge in [-0.25, -0.2) is 21.6 Å². The Balaban J connectivity index is 2.15. The molecule has 9 heteroatoms. The molecule has 0 aromatic heterocycles. The fourth-order valence-corrected chi connectivity index (χ4v) is 5.07. The normalized spacial score (nSPS) is 17.8. The topological polar surface area (TPSA) is 97.8 Å². The van der Waals surface area contributed by atoms with E-state index >= 15 is 0 Å². The van der Waals surface area contributed by atoms with Crippen LogP contribution in [0.5, 0.6) is 0 Å². The number of benzene rings is 1. The van der Waals surface area contributed by atoms with Crippen molar-refractivity contribution in [1.29, 1.82) is 0 Å². The summed E-state index contributed by atoms with van der Waals surface area (Å²) in [6.07, 6.45) is 1.75. The van der Waals surface area contributed by atoms with E-state index in [0.717, 1.165) is 0 Å². The van der Waals surface area contributed by atoms with E-state index in [1.807, 2.05) is 0 Å². The van der Waals surface area contributed by atoms with E-state index in [0.29, 0.717) is 0 Å². The van der Waals surface area contributed by atoms with Gasteiger partial charge in [0.2, 0.25) is 10.0 Å². The number of rotatable bonds is 4. The third-order valence-electron chi connectivity index (χ3n) is 3.92. The molecule has 7 nitrogen and oxygen atoms in total. The first-order valence-electron chi connectivity index (χ1n) is 7.03. The number of methoxy groups -OCH3 is 1. The summed E-state index contributed by atoms with van der Waals surface area (Å²) in [5.41, 5.74) is 0.266. The Kier molecular flexibility index (Phi) is 5.12. The molecule has 0 atom stereocenters. The van der Waals surface area contributed by atoms with Gasteiger partial charge in [-0.15, -0.1) is 0 Å². The van der Waals surface area contributed by atoms with Crippen LogP contribution in [0, 0.1) is 0 Å². The predicted octanol–water partition coefficient (Wildman–Crippen LogP) is 0.671. The van der Waals surface area contributed by atoms with Crippen molar-refractivity contribution < 1.29 is 26.4 Å². The van der Waals surface area contributed by atoms with Gasteiger partial charge >= 0.3 is 5.97 Å². The second kappa shape index (κ2) is 6.58. The average molecular weight is 361 g/mol. The van der Waals surface area contributed by atoms with Gasteiger partial charge in [-0.2, -0.15) is 4.31 Å². The standard InChI is InChI=1S/C14H19NO6S2/c1-21-14(16)11-3-5-13(6-4-11)23(19,20)15-9-7-12(8-10-15)22(2,17)18/h3-6,12H,7-10H2,1-2H3. The molecule has 1 aliphatic heterocycles. The summed E-state index contributed by atoms with van der Waals surface area (Å²) in [5.74, 6) is -0.539. The number of nitrogens with zero attached hydrogens (tertiary/aromatic N) is 1. The van der Waals surface area contributed by atoms with Crippen LogP contribution in [0.2, 0.25) is 0 Å². The summed E-state index contributed by atoms with van der Waals surface area (Å²) >= 11 is 0. The quantitative estimate of drug-likeness (QED) is 0.731. The number of hydrogen-bond donors (Lipinski definition) is 0. The highest BCUT2D eigenvalue weighted by Gasteiger charge is 2.33. The molecule has 0 radical (unpaired) electrons. The largest absolute Gasteiger partial charge is 0.465 e. The van der Waals surface area contributed by atoms with Gasteiger partial charge in [-0.3, -0.25) is 0 Å². The molecule has 1 heterocycles. The van der Waals surface area contributed by atoms with Gasteiger partial charge in [0.05, 0.1) is 22.8 Å². The van der Waals surface area contributed by atoms with Crippen LogP contribution in [0.1, 0.15) is 23.2 Å². The lowest BCUT2D eigenvalue weighted by Gasteiger charge is -2.30. The molecular weight excluding hydrogens is 342 g/mol. The Morgan fingerprint density at radius 2 is 1.61 bits per heavy atom. The Morgan fingerprint density at radius 3 is 2.04 bits per heavy atom. The van der Waals surface area contributed by atoms with Gasteiger partial charge in [0.25, 0.3) is 0 Å². The fraction of sp³-hybridized carbons (Fsp3) is 0.500. The predicted molar refractivity (Wildman–Crippen MR) is 84.4 cm³/mol. The lowest BCUT2D eigenvalue weighted by molar-refractivity contribution is 0.0600. The number of hydrogen-bond acceptors (Lipinski definition) is 6. The highest BCUT2D eigenvalue weighted by molar-refractivity contribution is 7.91. The lowest BCUT2D eigenvalue weighted by Crippen LogP contribution is -2.42. The summed E-state index contributed by atoms with van der Waals surface area (Å²) in [6, 6.07) is 5.48. The van der Waals surface area contributed by atoms with Gasteiger partial charge in [-0.1, -0.05) is 0 Å². The number of sulfonamides is 1. The molecule has 0 amide bonds. The minimum Gasteiger partial charge on any atom is -0.465 e. The maximum absolute atomic E-state index is 12.6. The van der Waals surface area contributed by atoms with Crippen molar-refractivity contribution in [2.45, 2.75) is 23.0 Å². The summed E-state index contributed by atoms with van der Waals surface area (Å²) in [7, 11) is -5.60. The number of ether oxygens (including phenoxy) is 1. The number of piperidine rings is 1. The summed E-state index contributed by atoms with van der Waals surface area (Å²) in [5, 5.41) is -0.490. The molecule has 1 aliphatic rings. The first-order chi connectivity index (χ1) is 10.7. The third-order valence-corrected chi connectivity index (χ3v) is 7.51. The maximum atomic E-state index is 12.6. The molecule has 2 rings (SSSR count). The van der Waals surface area contributed by atoms with Gasteiger partial charge < -0.3 is 4.74 Å². The van der Waals surface area contributed by atoms with Crippen molar-refractivity contribution in [1.82, 2.24) is 4.31 Å². The fourth-order valence-electron chi connectivity index (χ4n) is 2.53. The SMILES string of the molecule is COC(=O)c1ccc(S(=O)(=O)N2CCC(S(C)(=O)=O)CC2)cc1. The van der Waals surface area contributed by atoms with Crippen LogP contribution >= 0.6 is 0 Å². The Labute approximate surface area is 136 Å². The Hall–Kier alpha value is -1.45. The summed E-state index contributed by atoms with van der Waals surface area (Å²) < 4.78 is 54.0. The van der Waals surface area contributed by atoms with Crippen molar-refractivity contribution in [2.75, 3.05) is 26.5 Å². The highest BCUT2D eigenvalue weighted by atomic mass is 32.2. The monoisotopic (exact) mass is 361 g/mol. The zero-order valence-electron chi connectivity index (χ0n) is 12.9. The van der Waals surface area contributed by atoms with Gasteiger partial charge in [0.15, 0.2) is 0 Å². The minimum atomic E-state index is -3.69. The highest BCUT2D eigenvalue weighted by Crippen LogP contribution is 2.24. The van der Waals surface area contributed by atoms with Crippen LogP contribution in [0.15, 0.2) is 29.2 Å². The molecule has 1 aromatic carbocycles. The first kappa shape index (κ1) is 17.9. The Morgan fingerprint density at radius 1 is 1.09 bits per heavy atom. The molecule has 0 spiro atoms. The summed E-state index contributed by atoms with van der Waals surface area (Å²) in [6.45, 7) is 0.331. The molecule has 1 aromatic rings. The minimum absolute atomic E-state index is 0.0722. The van der Waals surface area contributed by atoms with Gasteiger partial charge in [0, 0.05) is 19.3 Å². The van der Waals surface area contributed by atoms with Crippen LogP contribution in [-0.2, 0) is 24.6 Å². The molecule has 0 unspecified atom stereocenters. The molecule has 0 bridgehead atoms. The Bertz CT molecular complexity index is 775. The molecule has 23 heavy (non-hydrogen) atoms. The van der Waals surface area contributed by atoms with Crippen LogP contribution < -0.4 is 0 Å². The second-order valence-electron chi connectivity index (χ2n) is 5.45. The number of carbonyl (C=O) groups is 1. The smallest absolute Gasteiger partial charge is 0.337 e. The molecule has 0 aliphatic carbocycles. The van der Waals surface area contributed by atoms with Crippen LogP contribution in [-0.4, -0.2) is 58.8 Å². The number of carbonyl (C=O) groups excluding carboxylic acids is 1. The van der Waals surface area contributed by atoms with Crippen LogP contribution in [0.25, 0.3) is 0 Å². The van der Waals surface area contributed by atoms with E-state index in [1.165, 1.54) is 41.9 Å². The van der Waals surface area contributed by atoms with Crippen molar-refractivity contribution >= 4 is 25.8 Å². The van der Waals surface area contributed by atoms with E-state index in [2.05, 4.69) is 4.74 Å². The van der Waals surface area contributed by atoms with Crippen molar-refractivity contribution in [3.05, 3.63) is 29.8 Å². The maximum Gasteiger partial charge on any atom is 0.337 e. The number of sulfone groups is 1. The van der Waals surface area contributed by atoms with E-state index in [9.17, 15) is 21.6 Å². The second-order valence-corrected chi connectivity index (χ2v) is 9.71. The van der Waals surface area contributed by atoms with Crippen molar-refractivity contribution in [3.63, 3.8) is 0 Å². The van der Waals surface area contributed by atoms with Crippen LogP contribution in [0.4, 0.5) is 0 Å². The molecule has 0 saturated carbocycles. The third kappa shape index (κ3) is 3.91. The van der Waals surface area contributed by atoms with E-state index in [-0.39, 0.29) is 36.4 Å². The van der Waals surface area contributed by atoms with E-state index in [4.69, 9.17) is 0 Å². The summed E-state index contributed by atoms with van der Waals surface area (Å²) in [4.78, 5) is 11.4. The first-order valence-corrected chi connectivity index (χ1v) is 10.4. The molecular formula is C14H19NO6S2. The molecule has 1 saturated heterocycles. The van der Waals surface area contributed by atoms with Crippen molar-refractivity contribution in [2.24, 2.45) is 0 Å². The lowest BCUT2D eigenvalue weighted by atomic mass is 10.2. The van der Waals surface area contributed by atoms with Gasteiger partial charge in [-0.05, 0) is 37.1 Å². The molecule has 0 N–H and O–H groups in total. The number of esters is 1. The zero-order chi connectivity index (χ0) is 17.3. The van der Waals surface area contributed by atoms with E-state index < -0.39 is 31.1 Å². The van der Waals surface area contributed by atoms with E-state index in [1.54, 1.807) is 0 Å². The molecule has 128 valence electrons. The zero-order valence-corrected chi connectivity index (χ0v) is 14.6. The van der Waals surface area contributed by atoms with Crippen LogP contribution in [0.3, 0.4) is 0 Å².